The highest BCUT2D eigenvalue weighted by Gasteiger charge is 2.26. The van der Waals surface area contributed by atoms with Gasteiger partial charge in [-0.05, 0) is 40.8 Å². The molecule has 0 aromatic heterocycles. The van der Waals surface area contributed by atoms with E-state index in [1.165, 1.54) is 0 Å². The first-order valence-electron chi connectivity index (χ1n) is 8.21. The number of likely N-dealkylation sites (N-methyl/N-ethyl adjacent to an activating group) is 1. The van der Waals surface area contributed by atoms with E-state index in [2.05, 4.69) is 4.74 Å². The summed E-state index contributed by atoms with van der Waals surface area (Å²) in [5.41, 5.74) is -0.341. The molecule has 1 N–H and O–H groups in total. The Balaban J connectivity index is 0. The third-order valence-electron chi connectivity index (χ3n) is 3.56. The van der Waals surface area contributed by atoms with Crippen molar-refractivity contribution in [3.05, 3.63) is 0 Å². The quantitative estimate of drug-likeness (QED) is 0.651. The minimum Gasteiger partial charge on any atom is -0.464 e. The third-order valence-corrected chi connectivity index (χ3v) is 3.56. The highest BCUT2D eigenvalue weighted by atomic mass is 16.5. The van der Waals surface area contributed by atoms with E-state index in [1.54, 1.807) is 6.92 Å². The maximum absolute atomic E-state index is 11.4. The van der Waals surface area contributed by atoms with E-state index in [4.69, 9.17) is 9.84 Å². The summed E-state index contributed by atoms with van der Waals surface area (Å²) in [4.78, 5) is 24.2. The van der Waals surface area contributed by atoms with Gasteiger partial charge in [-0.2, -0.15) is 0 Å². The predicted octanol–water partition coefficient (Wildman–Crippen LogP) is 2.10. The van der Waals surface area contributed by atoms with Gasteiger partial charge in [-0.1, -0.05) is 20.8 Å². The van der Waals surface area contributed by atoms with E-state index in [0.717, 1.165) is 19.4 Å². The van der Waals surface area contributed by atoms with Gasteiger partial charge in [0.2, 0.25) is 0 Å². The fourth-order valence-corrected chi connectivity index (χ4v) is 1.12. The molecular formula is C17H35NO5. The predicted molar refractivity (Wildman–Crippen MR) is 91.1 cm³/mol. The van der Waals surface area contributed by atoms with E-state index in [9.17, 15) is 9.59 Å². The van der Waals surface area contributed by atoms with Gasteiger partial charge in [-0.25, -0.2) is 0 Å². The van der Waals surface area contributed by atoms with Crippen LogP contribution in [0.4, 0.5) is 0 Å². The first-order valence-corrected chi connectivity index (χ1v) is 8.21. The number of rotatable bonds is 9. The summed E-state index contributed by atoms with van der Waals surface area (Å²) in [6.45, 7) is 10.8. The minimum atomic E-state index is -0.341. The number of hydrogen-bond donors (Lipinski definition) is 1. The lowest BCUT2D eigenvalue weighted by Gasteiger charge is -2.20. The average Bonchev–Trinajstić information content (AvgIpc) is 2.51. The topological polar surface area (TPSA) is 76.1 Å². The summed E-state index contributed by atoms with van der Waals surface area (Å²) < 4.78 is 9.78. The number of hydrogen-bond acceptors (Lipinski definition) is 6. The van der Waals surface area contributed by atoms with Crippen molar-refractivity contribution < 1.29 is 24.2 Å². The van der Waals surface area contributed by atoms with Crippen molar-refractivity contribution in [3.8, 4) is 0 Å². The van der Waals surface area contributed by atoms with Crippen LogP contribution in [0.5, 0.6) is 0 Å². The van der Waals surface area contributed by atoms with E-state index < -0.39 is 0 Å². The molecule has 1 atom stereocenters. The second-order valence-electron chi connectivity index (χ2n) is 6.38. The molecule has 0 bridgehead atoms. The Bertz CT molecular complexity index is 329. The van der Waals surface area contributed by atoms with Crippen LogP contribution in [-0.4, -0.2) is 62.4 Å². The van der Waals surface area contributed by atoms with Crippen molar-refractivity contribution in [1.82, 2.24) is 4.90 Å². The van der Waals surface area contributed by atoms with Crippen LogP contribution in [0.15, 0.2) is 0 Å². The normalized spacial score (nSPS) is 12.2. The Morgan fingerprint density at radius 2 is 1.70 bits per heavy atom. The van der Waals surface area contributed by atoms with Crippen LogP contribution in [0, 0.1) is 11.3 Å². The van der Waals surface area contributed by atoms with Crippen LogP contribution in [-0.2, 0) is 19.1 Å². The molecule has 0 aromatic carbocycles. The molecule has 0 fully saturated rings. The molecule has 0 aliphatic heterocycles. The molecule has 0 radical (unpaired) electrons. The Kier molecular flexibility index (Phi) is 14.0. The second-order valence-corrected chi connectivity index (χ2v) is 6.38. The Morgan fingerprint density at radius 1 is 1.13 bits per heavy atom. The van der Waals surface area contributed by atoms with E-state index >= 15 is 0 Å². The third kappa shape index (κ3) is 13.0. The fourth-order valence-electron chi connectivity index (χ4n) is 1.12. The molecule has 6 heteroatoms. The monoisotopic (exact) mass is 333 g/mol. The number of carbonyl (C=O) groups excluding carboxylic acids is 2. The summed E-state index contributed by atoms with van der Waals surface area (Å²) >= 11 is 0. The van der Waals surface area contributed by atoms with Gasteiger partial charge < -0.3 is 19.5 Å². The zero-order chi connectivity index (χ0) is 18.5. The van der Waals surface area contributed by atoms with Crippen molar-refractivity contribution in [2.45, 2.75) is 47.5 Å². The molecule has 0 heterocycles. The highest BCUT2D eigenvalue weighted by Crippen LogP contribution is 2.21. The van der Waals surface area contributed by atoms with Crippen LogP contribution in [0.1, 0.15) is 47.5 Å². The largest absolute Gasteiger partial charge is 0.464 e. The van der Waals surface area contributed by atoms with Crippen LogP contribution < -0.4 is 0 Å². The molecule has 0 spiro atoms. The smallest absolute Gasteiger partial charge is 0.311 e. The van der Waals surface area contributed by atoms with E-state index in [-0.39, 0.29) is 36.5 Å². The molecular weight excluding hydrogens is 298 g/mol. The van der Waals surface area contributed by atoms with Crippen LogP contribution in [0.2, 0.25) is 0 Å². The van der Waals surface area contributed by atoms with E-state index in [0.29, 0.717) is 6.61 Å². The van der Waals surface area contributed by atoms with Gasteiger partial charge in [0.05, 0.1) is 17.9 Å². The minimum absolute atomic E-state index is 0.0495. The first-order chi connectivity index (χ1) is 10.6. The van der Waals surface area contributed by atoms with Crippen LogP contribution in [0.25, 0.3) is 0 Å². The summed E-state index contributed by atoms with van der Waals surface area (Å²) in [6.07, 6.45) is 1.60. The second kappa shape index (κ2) is 13.3. The van der Waals surface area contributed by atoms with Crippen molar-refractivity contribution in [1.29, 1.82) is 0 Å². The van der Waals surface area contributed by atoms with Gasteiger partial charge in [0.15, 0.2) is 0 Å². The molecule has 138 valence electrons. The number of aliphatic hydroxyl groups is 1. The maximum Gasteiger partial charge on any atom is 0.311 e. The molecule has 0 saturated carbocycles. The van der Waals surface area contributed by atoms with Crippen LogP contribution >= 0.6 is 0 Å². The average molecular weight is 333 g/mol. The zero-order valence-corrected chi connectivity index (χ0v) is 15.8. The standard InChI is InChI=1S/C10H21NO2.C7H14O3/c1-6-10(2,3)9(12)13-8-7-11(4)5;1-3-6(2)7(9)10-5-4-8/h6-8H2,1-5H3;6,8H,3-5H2,1-2H3. The Labute approximate surface area is 141 Å². The first kappa shape index (κ1) is 24.1. The Morgan fingerprint density at radius 3 is 2.09 bits per heavy atom. The van der Waals surface area contributed by atoms with Gasteiger partial charge in [0.1, 0.15) is 13.2 Å². The number of ether oxygens (including phenoxy) is 2. The molecule has 0 rings (SSSR count). The lowest BCUT2D eigenvalue weighted by atomic mass is 9.91. The summed E-state index contributed by atoms with van der Waals surface area (Å²) in [6, 6.07) is 0. The number of esters is 2. The van der Waals surface area contributed by atoms with Gasteiger partial charge >= 0.3 is 11.9 Å². The van der Waals surface area contributed by atoms with Crippen molar-refractivity contribution in [2.75, 3.05) is 40.5 Å². The lowest BCUT2D eigenvalue weighted by Crippen LogP contribution is -2.28. The molecule has 0 saturated heterocycles. The number of aliphatic hydroxyl groups excluding tert-OH is 1. The SMILES string of the molecule is CCC(C)(C)C(=O)OCCN(C)C.CCC(C)C(=O)OCCO. The van der Waals surface area contributed by atoms with Crippen molar-refractivity contribution in [2.24, 2.45) is 11.3 Å². The molecule has 0 amide bonds. The molecule has 0 aliphatic rings. The number of nitrogens with zero attached hydrogens (tertiary/aromatic N) is 1. The van der Waals surface area contributed by atoms with Gasteiger partial charge in [-0.15, -0.1) is 0 Å². The molecule has 0 aliphatic carbocycles. The molecule has 1 unspecified atom stereocenters. The van der Waals surface area contributed by atoms with Gasteiger partial charge in [0.25, 0.3) is 0 Å². The van der Waals surface area contributed by atoms with Gasteiger partial charge in [0, 0.05) is 6.54 Å². The molecule has 6 nitrogen and oxygen atoms in total. The highest BCUT2D eigenvalue weighted by molar-refractivity contribution is 5.75. The lowest BCUT2D eigenvalue weighted by molar-refractivity contribution is -0.154. The molecule has 0 aromatic rings. The molecule has 23 heavy (non-hydrogen) atoms. The van der Waals surface area contributed by atoms with Crippen LogP contribution in [0.3, 0.4) is 0 Å². The summed E-state index contributed by atoms with van der Waals surface area (Å²) in [7, 11) is 3.91. The number of carbonyl (C=O) groups is 2. The zero-order valence-electron chi connectivity index (χ0n) is 15.8. The van der Waals surface area contributed by atoms with Crippen molar-refractivity contribution >= 4 is 11.9 Å². The summed E-state index contributed by atoms with van der Waals surface area (Å²) in [5.74, 6) is -0.375. The fraction of sp³-hybridized carbons (Fsp3) is 0.882. The Hall–Kier alpha value is -1.14. The van der Waals surface area contributed by atoms with E-state index in [1.807, 2.05) is 46.7 Å². The van der Waals surface area contributed by atoms with Crippen molar-refractivity contribution in [3.63, 3.8) is 0 Å². The summed E-state index contributed by atoms with van der Waals surface area (Å²) in [5, 5.41) is 8.29. The van der Waals surface area contributed by atoms with Gasteiger partial charge in [-0.3, -0.25) is 9.59 Å². The maximum atomic E-state index is 11.4.